The highest BCUT2D eigenvalue weighted by Crippen LogP contribution is 2.47. The van der Waals surface area contributed by atoms with E-state index in [4.69, 9.17) is 14.0 Å². The van der Waals surface area contributed by atoms with Crippen LogP contribution >= 0.6 is 7.82 Å². The van der Waals surface area contributed by atoms with Crippen LogP contribution in [-0.2, 0) is 77.6 Å². The average Bonchev–Trinajstić information content (AvgIpc) is 1.56. The van der Waals surface area contributed by atoms with Crippen LogP contribution in [0, 0.1) is 41.2 Å². The van der Waals surface area contributed by atoms with Gasteiger partial charge in [-0.2, -0.15) is 48.6 Å². The summed E-state index contributed by atoms with van der Waals surface area (Å²) in [5, 5.41) is 12.4. The number of methoxy groups -OCH3 is 2. The molecule has 3 aromatic carbocycles. The molecule has 3 fully saturated rings. The number of aromatic nitrogens is 4. The molecule has 5 aromatic rings. The molecule has 2 bridgehead atoms. The third-order valence-electron chi connectivity index (χ3n) is 19.0. The molecule has 2 unspecified atom stereocenters. The van der Waals surface area contributed by atoms with Gasteiger partial charge in [0.2, 0.25) is 17.8 Å². The van der Waals surface area contributed by atoms with Gasteiger partial charge in [0.1, 0.15) is 35.6 Å². The van der Waals surface area contributed by atoms with E-state index >= 15 is 44.7 Å². The van der Waals surface area contributed by atoms with Crippen LogP contribution in [0.25, 0.3) is 11.3 Å². The fourth-order valence-corrected chi connectivity index (χ4v) is 13.9. The number of nitrogens with one attached hydrogen (secondary N) is 5. The number of alkyl carbamates (subject to hydrolysis) is 2. The van der Waals surface area contributed by atoms with Crippen molar-refractivity contribution in [1.82, 2.24) is 56.4 Å². The van der Waals surface area contributed by atoms with Crippen LogP contribution in [0.1, 0.15) is 113 Å². The molecule has 110 heavy (non-hydrogen) atoms. The molecule has 5 heterocycles. The second-order valence-corrected chi connectivity index (χ2v) is 31.1. The fourth-order valence-electron chi connectivity index (χ4n) is 13.0. The van der Waals surface area contributed by atoms with Crippen molar-refractivity contribution in [2.75, 3.05) is 64.3 Å². The lowest BCUT2D eigenvalue weighted by molar-refractivity contribution is -0.221. The smallest absolute Gasteiger partial charge is 0.459 e. The Morgan fingerprint density at radius 2 is 1.35 bits per heavy atom. The molecule has 41 heteroatoms. The van der Waals surface area contributed by atoms with Gasteiger partial charge in [-0.1, -0.05) is 43.9 Å². The number of aryl methyl sites for hydroxylation is 1. The maximum Gasteiger partial charge on any atom is 0.524 e. The lowest BCUT2D eigenvalue weighted by Gasteiger charge is -2.47. The number of anilines is 1. The molecule has 6 atom stereocenters. The maximum atomic E-state index is 16.9. The summed E-state index contributed by atoms with van der Waals surface area (Å²) < 4.78 is 223. The van der Waals surface area contributed by atoms with E-state index in [2.05, 4.69) is 62.2 Å². The van der Waals surface area contributed by atoms with Crippen molar-refractivity contribution in [3.63, 3.8) is 0 Å². The van der Waals surface area contributed by atoms with Crippen LogP contribution in [0.2, 0.25) is 0 Å². The summed E-state index contributed by atoms with van der Waals surface area (Å²) in [5.41, 5.74) is -7.92. The van der Waals surface area contributed by atoms with Crippen molar-refractivity contribution in [3.05, 3.63) is 124 Å². The molecule has 602 valence electrons. The van der Waals surface area contributed by atoms with E-state index in [0.29, 0.717) is 106 Å². The number of hydrazine groups is 1. The molecule has 5 amide bonds. The second-order valence-electron chi connectivity index (χ2n) is 28.4. The number of nitrogens with zero attached hydrogens (tertiary/aromatic N) is 7. The van der Waals surface area contributed by atoms with Gasteiger partial charge < -0.3 is 49.6 Å². The van der Waals surface area contributed by atoms with Crippen molar-refractivity contribution in [2.45, 2.75) is 160 Å². The first-order valence-electron chi connectivity index (χ1n) is 34.0. The normalized spacial score (nSPS) is 17.0. The van der Waals surface area contributed by atoms with Gasteiger partial charge in [0.15, 0.2) is 0 Å². The zero-order valence-corrected chi connectivity index (χ0v) is 62.5. The van der Waals surface area contributed by atoms with E-state index in [9.17, 15) is 55.3 Å². The molecular weight excluding hydrogens is 1520 g/mol. The number of carbonyl (C=O) groups excluding carboxylic acids is 6. The summed E-state index contributed by atoms with van der Waals surface area (Å²) in [7, 11) is -8.61. The van der Waals surface area contributed by atoms with E-state index in [1.54, 1.807) is 5.32 Å². The molecule has 8 rings (SSSR count). The number of piperazine rings is 1. The summed E-state index contributed by atoms with van der Waals surface area (Å²) in [6, 6.07) is 3.57. The Kier molecular flexibility index (Phi) is 27.5. The third-order valence-corrected chi connectivity index (χ3v) is 20.2. The van der Waals surface area contributed by atoms with Gasteiger partial charge >= 0.3 is 44.9 Å². The molecule has 3 aliphatic rings. The highest BCUT2D eigenvalue weighted by Gasteiger charge is 2.58. The zero-order chi connectivity index (χ0) is 81.4. The summed E-state index contributed by atoms with van der Waals surface area (Å²) in [5.74, 6) is -4.09. The highest BCUT2D eigenvalue weighted by molar-refractivity contribution is 7.85. The predicted octanol–water partition coefficient (Wildman–Crippen LogP) is 7.65. The first-order chi connectivity index (χ1) is 51.2. The van der Waals surface area contributed by atoms with Crippen molar-refractivity contribution in [1.29, 1.82) is 0 Å². The SMILES string of the molecule is COC(=O)N[C@H](C(=O)N[C@@H](Cc1ccc(C#Cc2cnc(N3CC4CCC(C3)N4C3COC3)nc2)cc1)[C@H](CN(Cc1c(F)cc(-c2ccn(C(F)F)n2)cc1F)NC(=O)[C@@H](NC(=O)OC)C(C)(C)C(F)(F)F)OC(=O)CC(C)(C)c1c(CC(=O)NCCCS(=O)(=O)O)cc(C)cc1OP(=O)(O)O)C(C)(C)C(F)(F)F. The molecule has 29 nitrogen and oxygen atoms in total. The molecule has 3 saturated heterocycles. The standard InChI is InChI=1S/C69H83F10N12O17PS/c1-38-23-43(28-54(92)80-20-10-22-110(101,102)103)56(52(24-38)108-109(98,99)100)65(2,3)29-55(93)107-53(35-89(87-60(95)58(85-64(97)105-9)67(6,7)69(77,78)79)34-47-48(70)26-42(27-49(47)71)50-19-21-90(86-50)61(72)73)51(83-59(94)57(84-63(96)104-8)66(4,5)68(74,75)76)25-40-14-11-39(12-15-40)13-16-41-30-81-62(82-31-41)88-32-44-17-18-45(33-88)91(44)46-36-106-37-46/h11-12,14-15,19,21,23-24,26-27,30-31,44-46,51,53,57-58,61H,10,17-18,20,22,25,28-29,32-37H2,1-9H3,(H,80,92)(H,83,94)(H,84,96)(H,85,97)(H,87,95)(H2,98,99,100)(H,101,102,103)/t44?,45?,51-,53-,57+,58+/m0/s1. The lowest BCUT2D eigenvalue weighted by atomic mass is 9.77. The lowest BCUT2D eigenvalue weighted by Crippen LogP contribution is -2.64. The Hall–Kier alpha value is -9.23. The molecule has 3 aliphatic heterocycles. The van der Waals surface area contributed by atoms with Gasteiger partial charge in [-0.3, -0.25) is 43.8 Å². The van der Waals surface area contributed by atoms with Crippen LogP contribution in [0.15, 0.2) is 73.2 Å². The number of amides is 5. The number of hydrogen-bond acceptors (Lipinski definition) is 20. The monoisotopic (exact) mass is 1600 g/mol. The largest absolute Gasteiger partial charge is 0.524 e. The number of ether oxygens (including phenoxy) is 4. The van der Waals surface area contributed by atoms with Gasteiger partial charge in [-0.25, -0.2) is 42.6 Å². The Balaban J connectivity index is 1.26. The Bertz CT molecular complexity index is 4370. The van der Waals surface area contributed by atoms with E-state index in [0.717, 1.165) is 45.4 Å². The van der Waals surface area contributed by atoms with Crippen molar-refractivity contribution in [3.8, 4) is 28.8 Å². The predicted molar refractivity (Wildman–Crippen MR) is 370 cm³/mol. The minimum Gasteiger partial charge on any atom is -0.459 e. The summed E-state index contributed by atoms with van der Waals surface area (Å²) >= 11 is 0. The highest BCUT2D eigenvalue weighted by atomic mass is 32.2. The fraction of sp³-hybridized carbons (Fsp3) is 0.522. The second kappa shape index (κ2) is 35.0. The first-order valence-corrected chi connectivity index (χ1v) is 37.1. The topological polar surface area (TPSA) is 374 Å². The van der Waals surface area contributed by atoms with Crippen LogP contribution in [0.4, 0.5) is 59.4 Å². The first kappa shape index (κ1) is 86.4. The van der Waals surface area contributed by atoms with Crippen molar-refractivity contribution in [2.24, 2.45) is 10.8 Å². The number of alkyl halides is 8. The van der Waals surface area contributed by atoms with Crippen molar-refractivity contribution >= 4 is 59.8 Å². The van der Waals surface area contributed by atoms with Gasteiger partial charge in [-0.15, -0.1) is 0 Å². The molecular formula is C69H83F10N12O17PS. The Labute approximate surface area is 625 Å². The number of phosphoric ester groups is 1. The number of benzene rings is 3. The quantitative estimate of drug-likeness (QED) is 0.00308. The van der Waals surface area contributed by atoms with Gasteiger partial charge in [0, 0.05) is 84.5 Å². The number of esters is 1. The number of phosphoric acid groups is 1. The number of fused-ring (bicyclic) bond motifs is 2. The Morgan fingerprint density at radius 3 is 1.85 bits per heavy atom. The van der Waals surface area contributed by atoms with Crippen LogP contribution in [0.3, 0.4) is 0 Å². The van der Waals surface area contributed by atoms with Gasteiger partial charge in [-0.05, 0) is 113 Å². The van der Waals surface area contributed by atoms with Gasteiger partial charge in [0.05, 0.1) is 86.7 Å². The molecule has 0 aliphatic carbocycles. The zero-order valence-electron chi connectivity index (χ0n) is 60.8. The molecule has 0 saturated carbocycles. The number of rotatable bonds is 31. The number of carbonyl (C=O) groups is 6. The average molecular weight is 1610 g/mol. The number of hydrogen-bond donors (Lipinski definition) is 8. The van der Waals surface area contributed by atoms with Crippen molar-refractivity contribution < 1.29 is 123 Å². The molecule has 2 aromatic heterocycles. The van der Waals surface area contributed by atoms with Gasteiger partial charge in [0.25, 0.3) is 16.0 Å². The van der Waals surface area contributed by atoms with Crippen LogP contribution in [-0.4, -0.2) is 202 Å². The molecule has 0 radical (unpaired) electrons. The minimum atomic E-state index is -5.59. The molecule has 8 N–H and O–H groups in total. The Morgan fingerprint density at radius 1 is 0.782 bits per heavy atom. The van der Waals surface area contributed by atoms with E-state index in [-0.39, 0.29) is 39.9 Å². The van der Waals surface area contributed by atoms with E-state index in [1.165, 1.54) is 63.5 Å². The van der Waals surface area contributed by atoms with Crippen LogP contribution < -0.4 is 36.1 Å². The van der Waals surface area contributed by atoms with E-state index < -0.39 is 186 Å². The summed E-state index contributed by atoms with van der Waals surface area (Å²) in [6.45, 7) is 2.31. The van der Waals surface area contributed by atoms with E-state index in [1.807, 2.05) is 5.32 Å². The third kappa shape index (κ3) is 22.3. The van der Waals surface area contributed by atoms with Crippen LogP contribution in [0.5, 0.6) is 5.75 Å². The summed E-state index contributed by atoms with van der Waals surface area (Å²) in [6.07, 6.45) is -13.3. The molecule has 0 spiro atoms. The summed E-state index contributed by atoms with van der Waals surface area (Å²) in [4.78, 5) is 119. The minimum absolute atomic E-state index is 0.0768. The number of halogens is 10. The maximum absolute atomic E-state index is 16.9.